The minimum atomic E-state index is 0.0867. The second-order valence-corrected chi connectivity index (χ2v) is 4.85. The smallest absolute Gasteiger partial charge is 0.186 e. The Kier molecular flexibility index (Phi) is 3.23. The highest BCUT2D eigenvalue weighted by Crippen LogP contribution is 2.27. The molecule has 0 radical (unpaired) electrons. The third-order valence-corrected chi connectivity index (χ3v) is 3.74. The third-order valence-electron chi connectivity index (χ3n) is 2.54. The van der Waals surface area contributed by atoms with Crippen molar-refractivity contribution >= 4 is 16.5 Å². The van der Waals surface area contributed by atoms with Crippen LogP contribution in [0, 0.1) is 6.92 Å². The first-order valence-corrected chi connectivity index (χ1v) is 5.96. The van der Waals surface area contributed by atoms with Gasteiger partial charge in [0.15, 0.2) is 5.13 Å². The number of rotatable bonds is 2. The number of aryl methyl sites for hydroxylation is 1. The van der Waals surface area contributed by atoms with Crippen molar-refractivity contribution in [1.29, 1.82) is 0 Å². The standard InChI is InChI=1S/C10H16N2O2S/c1-7-5-12(3-4-14-7)10-11-8(2)9(6-13)15-10/h7,13H,3-6H2,1-2H3. The van der Waals surface area contributed by atoms with E-state index in [1.807, 2.05) is 6.92 Å². The van der Waals surface area contributed by atoms with Crippen LogP contribution in [0.15, 0.2) is 0 Å². The number of ether oxygens (including phenoxy) is 1. The molecule has 1 saturated heterocycles. The van der Waals surface area contributed by atoms with Gasteiger partial charge in [-0.05, 0) is 13.8 Å². The second kappa shape index (κ2) is 4.47. The zero-order chi connectivity index (χ0) is 10.8. The molecule has 1 atom stereocenters. The molecule has 0 spiro atoms. The van der Waals surface area contributed by atoms with Crippen molar-refractivity contribution in [3.63, 3.8) is 0 Å². The molecule has 2 rings (SSSR count). The van der Waals surface area contributed by atoms with Crippen LogP contribution in [0.5, 0.6) is 0 Å². The van der Waals surface area contributed by atoms with Crippen molar-refractivity contribution in [2.45, 2.75) is 26.6 Å². The van der Waals surface area contributed by atoms with Gasteiger partial charge in [0.1, 0.15) is 0 Å². The number of aromatic nitrogens is 1. The van der Waals surface area contributed by atoms with Crippen LogP contribution < -0.4 is 4.90 Å². The van der Waals surface area contributed by atoms with Crippen molar-refractivity contribution in [2.24, 2.45) is 0 Å². The molecule has 1 aromatic heterocycles. The summed E-state index contributed by atoms with van der Waals surface area (Å²) in [4.78, 5) is 7.66. The van der Waals surface area contributed by atoms with Gasteiger partial charge in [-0.15, -0.1) is 0 Å². The summed E-state index contributed by atoms with van der Waals surface area (Å²) >= 11 is 1.58. The zero-order valence-corrected chi connectivity index (χ0v) is 9.88. The van der Waals surface area contributed by atoms with Gasteiger partial charge in [-0.2, -0.15) is 0 Å². The quantitative estimate of drug-likeness (QED) is 0.825. The number of hydrogen-bond acceptors (Lipinski definition) is 5. The Morgan fingerprint density at radius 2 is 2.47 bits per heavy atom. The molecule has 1 aromatic rings. The summed E-state index contributed by atoms with van der Waals surface area (Å²) in [5.41, 5.74) is 0.941. The zero-order valence-electron chi connectivity index (χ0n) is 9.06. The summed E-state index contributed by atoms with van der Waals surface area (Å²) < 4.78 is 5.48. The first-order valence-electron chi connectivity index (χ1n) is 5.14. The van der Waals surface area contributed by atoms with Crippen LogP contribution in [-0.2, 0) is 11.3 Å². The van der Waals surface area contributed by atoms with Crippen LogP contribution in [0.1, 0.15) is 17.5 Å². The van der Waals surface area contributed by atoms with Crippen molar-refractivity contribution in [2.75, 3.05) is 24.6 Å². The van der Waals surface area contributed by atoms with Crippen molar-refractivity contribution in [1.82, 2.24) is 4.98 Å². The van der Waals surface area contributed by atoms with Gasteiger partial charge in [0.05, 0.1) is 29.9 Å². The number of anilines is 1. The Morgan fingerprint density at radius 3 is 3.07 bits per heavy atom. The molecule has 0 amide bonds. The van der Waals surface area contributed by atoms with Crippen LogP contribution in [0.4, 0.5) is 5.13 Å². The molecule has 1 aliphatic heterocycles. The van der Waals surface area contributed by atoms with Crippen molar-refractivity contribution < 1.29 is 9.84 Å². The average Bonchev–Trinajstić information content (AvgIpc) is 2.60. The van der Waals surface area contributed by atoms with Crippen LogP contribution in [-0.4, -0.2) is 35.9 Å². The van der Waals surface area contributed by atoms with Crippen LogP contribution >= 0.6 is 11.3 Å². The van der Waals surface area contributed by atoms with E-state index in [9.17, 15) is 0 Å². The summed E-state index contributed by atoms with van der Waals surface area (Å²) in [6, 6.07) is 0. The van der Waals surface area contributed by atoms with E-state index in [-0.39, 0.29) is 12.7 Å². The predicted molar refractivity (Wildman–Crippen MR) is 60.4 cm³/mol. The van der Waals surface area contributed by atoms with Gasteiger partial charge in [0.2, 0.25) is 0 Å². The van der Waals surface area contributed by atoms with Gasteiger partial charge in [-0.3, -0.25) is 0 Å². The Morgan fingerprint density at radius 1 is 1.67 bits per heavy atom. The Balaban J connectivity index is 2.14. The minimum Gasteiger partial charge on any atom is -0.391 e. The van der Waals surface area contributed by atoms with Gasteiger partial charge >= 0.3 is 0 Å². The lowest BCUT2D eigenvalue weighted by Gasteiger charge is -2.30. The van der Waals surface area contributed by atoms with Gasteiger partial charge in [-0.1, -0.05) is 11.3 Å². The fourth-order valence-corrected chi connectivity index (χ4v) is 2.64. The molecule has 0 saturated carbocycles. The Labute approximate surface area is 93.5 Å². The van der Waals surface area contributed by atoms with E-state index in [4.69, 9.17) is 9.84 Å². The van der Waals surface area contributed by atoms with E-state index in [2.05, 4.69) is 16.8 Å². The van der Waals surface area contributed by atoms with E-state index in [0.717, 1.165) is 35.4 Å². The number of morpholine rings is 1. The van der Waals surface area contributed by atoms with Gasteiger partial charge in [0.25, 0.3) is 0 Å². The fraction of sp³-hybridized carbons (Fsp3) is 0.700. The Hall–Kier alpha value is -0.650. The molecule has 0 aromatic carbocycles. The first-order chi connectivity index (χ1) is 7.20. The predicted octanol–water partition coefficient (Wildman–Crippen LogP) is 1.17. The maximum absolute atomic E-state index is 9.11. The summed E-state index contributed by atoms with van der Waals surface area (Å²) in [5, 5.41) is 10.1. The first kappa shape index (κ1) is 10.9. The van der Waals surface area contributed by atoms with Crippen LogP contribution in [0.3, 0.4) is 0 Å². The molecule has 1 aliphatic rings. The van der Waals surface area contributed by atoms with Gasteiger partial charge in [0, 0.05) is 13.1 Å². The molecule has 5 heteroatoms. The molecule has 1 unspecified atom stereocenters. The molecule has 15 heavy (non-hydrogen) atoms. The summed E-state index contributed by atoms with van der Waals surface area (Å²) in [5.74, 6) is 0. The molecule has 4 nitrogen and oxygen atoms in total. The maximum Gasteiger partial charge on any atom is 0.186 e. The largest absolute Gasteiger partial charge is 0.391 e. The maximum atomic E-state index is 9.11. The molecule has 0 aliphatic carbocycles. The lowest BCUT2D eigenvalue weighted by Crippen LogP contribution is -2.41. The lowest BCUT2D eigenvalue weighted by molar-refractivity contribution is 0.0532. The molecule has 2 heterocycles. The van der Waals surface area contributed by atoms with Crippen molar-refractivity contribution in [3.8, 4) is 0 Å². The molecule has 1 N–H and O–H groups in total. The molecule has 84 valence electrons. The number of hydrogen-bond donors (Lipinski definition) is 1. The number of aliphatic hydroxyl groups excluding tert-OH is 1. The Bertz CT molecular complexity index is 340. The van der Waals surface area contributed by atoms with E-state index < -0.39 is 0 Å². The third kappa shape index (κ3) is 2.30. The normalized spacial score (nSPS) is 22.1. The van der Waals surface area contributed by atoms with Gasteiger partial charge < -0.3 is 14.7 Å². The SMILES string of the molecule is Cc1nc(N2CCOC(C)C2)sc1CO. The summed E-state index contributed by atoms with van der Waals surface area (Å²) in [7, 11) is 0. The topological polar surface area (TPSA) is 45.6 Å². The summed E-state index contributed by atoms with van der Waals surface area (Å²) in [6.45, 7) is 6.63. The second-order valence-electron chi connectivity index (χ2n) is 3.79. The van der Waals surface area contributed by atoms with Crippen molar-refractivity contribution in [3.05, 3.63) is 10.6 Å². The highest BCUT2D eigenvalue weighted by Gasteiger charge is 2.20. The van der Waals surface area contributed by atoms with Gasteiger partial charge in [-0.25, -0.2) is 4.98 Å². The summed E-state index contributed by atoms with van der Waals surface area (Å²) in [6.07, 6.45) is 0.264. The van der Waals surface area contributed by atoms with E-state index >= 15 is 0 Å². The number of nitrogens with zero attached hydrogens (tertiary/aromatic N) is 2. The highest BCUT2D eigenvalue weighted by molar-refractivity contribution is 7.15. The van der Waals surface area contributed by atoms with Crippen LogP contribution in [0.25, 0.3) is 0 Å². The van der Waals surface area contributed by atoms with E-state index in [1.165, 1.54) is 0 Å². The molecular weight excluding hydrogens is 212 g/mol. The molecule has 0 bridgehead atoms. The fourth-order valence-electron chi connectivity index (χ4n) is 1.69. The minimum absolute atomic E-state index is 0.0867. The number of thiazole rings is 1. The molecular formula is C10H16N2O2S. The average molecular weight is 228 g/mol. The van der Waals surface area contributed by atoms with Crippen LogP contribution in [0.2, 0.25) is 0 Å². The molecule has 1 fully saturated rings. The highest BCUT2D eigenvalue weighted by atomic mass is 32.1. The lowest BCUT2D eigenvalue weighted by atomic mass is 10.3. The van der Waals surface area contributed by atoms with E-state index in [1.54, 1.807) is 11.3 Å². The van der Waals surface area contributed by atoms with E-state index in [0.29, 0.717) is 0 Å². The number of aliphatic hydroxyl groups is 1. The monoisotopic (exact) mass is 228 g/mol.